The topological polar surface area (TPSA) is 84.2 Å². The van der Waals surface area contributed by atoms with Crippen LogP contribution in [-0.2, 0) is 6.42 Å². The molecule has 0 atom stereocenters. The molecule has 0 saturated carbocycles. The van der Waals surface area contributed by atoms with Gasteiger partial charge in [-0.3, -0.25) is 4.79 Å². The van der Waals surface area contributed by atoms with E-state index in [4.69, 9.17) is 5.73 Å². The molecular formula is C23H25N3O2. The van der Waals surface area contributed by atoms with Crippen molar-refractivity contribution in [2.75, 3.05) is 10.6 Å². The first-order valence-electron chi connectivity index (χ1n) is 9.39. The van der Waals surface area contributed by atoms with E-state index < -0.39 is 11.9 Å². The Morgan fingerprint density at radius 1 is 0.929 bits per heavy atom. The Hall–Kier alpha value is -3.34. The summed E-state index contributed by atoms with van der Waals surface area (Å²) in [7, 11) is 0. The lowest BCUT2D eigenvalue weighted by molar-refractivity contribution is 0.100. The Balaban J connectivity index is 1.87. The minimum Gasteiger partial charge on any atom is -0.366 e. The van der Waals surface area contributed by atoms with Crippen LogP contribution in [-0.4, -0.2) is 11.9 Å². The van der Waals surface area contributed by atoms with E-state index in [0.717, 1.165) is 40.4 Å². The zero-order valence-electron chi connectivity index (χ0n) is 16.4. The van der Waals surface area contributed by atoms with E-state index in [1.54, 1.807) is 12.1 Å². The number of anilines is 2. The van der Waals surface area contributed by atoms with Gasteiger partial charge in [0, 0.05) is 5.69 Å². The van der Waals surface area contributed by atoms with Crippen molar-refractivity contribution in [1.82, 2.24) is 0 Å². The van der Waals surface area contributed by atoms with Crippen molar-refractivity contribution in [3.8, 4) is 0 Å². The molecule has 0 aromatic heterocycles. The van der Waals surface area contributed by atoms with E-state index in [9.17, 15) is 9.59 Å². The zero-order chi connectivity index (χ0) is 20.3. The number of benzene rings is 3. The molecule has 0 bridgehead atoms. The summed E-state index contributed by atoms with van der Waals surface area (Å²) in [6.45, 7) is 6.10. The molecule has 0 saturated heterocycles. The van der Waals surface area contributed by atoms with Crippen molar-refractivity contribution in [1.29, 1.82) is 0 Å². The highest BCUT2D eigenvalue weighted by molar-refractivity contribution is 6.09. The number of primary amides is 1. The van der Waals surface area contributed by atoms with Crippen LogP contribution in [0.25, 0.3) is 10.8 Å². The van der Waals surface area contributed by atoms with Gasteiger partial charge in [0.25, 0.3) is 5.91 Å². The Morgan fingerprint density at radius 3 is 2.11 bits per heavy atom. The second kappa shape index (κ2) is 8.13. The number of urea groups is 1. The number of carbonyl (C=O) groups excluding carboxylic acids is 2. The van der Waals surface area contributed by atoms with Crippen molar-refractivity contribution >= 4 is 34.1 Å². The number of fused-ring (bicyclic) bond motifs is 1. The van der Waals surface area contributed by atoms with Gasteiger partial charge in [0.05, 0.1) is 11.3 Å². The van der Waals surface area contributed by atoms with Gasteiger partial charge in [0.1, 0.15) is 0 Å². The predicted octanol–water partition coefficient (Wildman–Crippen LogP) is 5.15. The van der Waals surface area contributed by atoms with E-state index in [1.807, 2.05) is 38.1 Å². The third kappa shape index (κ3) is 4.14. The van der Waals surface area contributed by atoms with Crippen LogP contribution >= 0.6 is 0 Å². The molecule has 0 unspecified atom stereocenters. The number of carbonyl (C=O) groups is 2. The SMILES string of the molecule is CCCc1cc(C)c(NC(=O)Nc2cc3ccccc3cc2C(N)=O)c(C)c1. The standard InChI is InChI=1S/C23H25N3O2/c1-4-7-16-10-14(2)21(15(3)11-16)26-23(28)25-20-13-18-9-6-5-8-17(18)12-19(20)22(24)27/h5-6,8-13H,4,7H2,1-3H3,(H2,24,27)(H2,25,26,28). The maximum Gasteiger partial charge on any atom is 0.323 e. The molecule has 0 spiro atoms. The number of nitrogens with one attached hydrogen (secondary N) is 2. The fraction of sp³-hybridized carbons (Fsp3) is 0.217. The van der Waals surface area contributed by atoms with Crippen LogP contribution < -0.4 is 16.4 Å². The molecule has 0 aliphatic heterocycles. The first kappa shape index (κ1) is 19.4. The molecule has 0 fully saturated rings. The number of amides is 3. The lowest BCUT2D eigenvalue weighted by atomic mass is 10.0. The maximum atomic E-state index is 12.6. The minimum atomic E-state index is -0.586. The van der Waals surface area contributed by atoms with Crippen LogP contribution in [0.15, 0.2) is 48.5 Å². The highest BCUT2D eigenvalue weighted by Crippen LogP contribution is 2.26. The molecular weight excluding hydrogens is 350 g/mol. The van der Waals surface area contributed by atoms with Gasteiger partial charge in [0.15, 0.2) is 0 Å². The summed E-state index contributed by atoms with van der Waals surface area (Å²) in [4.78, 5) is 24.5. The second-order valence-corrected chi connectivity index (χ2v) is 7.04. The Kier molecular flexibility index (Phi) is 5.64. The van der Waals surface area contributed by atoms with Crippen molar-refractivity contribution in [2.45, 2.75) is 33.6 Å². The smallest absolute Gasteiger partial charge is 0.323 e. The summed E-state index contributed by atoms with van der Waals surface area (Å²) in [5.74, 6) is -0.586. The average molecular weight is 375 g/mol. The third-order valence-electron chi connectivity index (χ3n) is 4.77. The van der Waals surface area contributed by atoms with Crippen molar-refractivity contribution in [3.63, 3.8) is 0 Å². The normalized spacial score (nSPS) is 10.7. The minimum absolute atomic E-state index is 0.278. The molecule has 28 heavy (non-hydrogen) atoms. The molecule has 0 heterocycles. The van der Waals surface area contributed by atoms with Crippen LogP contribution in [0.3, 0.4) is 0 Å². The summed E-state index contributed by atoms with van der Waals surface area (Å²) in [5, 5.41) is 7.49. The van der Waals surface area contributed by atoms with E-state index in [1.165, 1.54) is 5.56 Å². The molecule has 5 nitrogen and oxygen atoms in total. The Morgan fingerprint density at radius 2 is 1.54 bits per heavy atom. The van der Waals surface area contributed by atoms with Gasteiger partial charge < -0.3 is 16.4 Å². The van der Waals surface area contributed by atoms with Crippen LogP contribution in [0, 0.1) is 13.8 Å². The predicted molar refractivity (Wildman–Crippen MR) is 115 cm³/mol. The van der Waals surface area contributed by atoms with Gasteiger partial charge in [-0.1, -0.05) is 49.7 Å². The maximum absolute atomic E-state index is 12.6. The van der Waals surface area contributed by atoms with Crippen molar-refractivity contribution in [3.05, 3.63) is 70.8 Å². The van der Waals surface area contributed by atoms with Crippen molar-refractivity contribution < 1.29 is 9.59 Å². The van der Waals surface area contributed by atoms with E-state index >= 15 is 0 Å². The molecule has 0 aliphatic carbocycles. The lowest BCUT2D eigenvalue weighted by Crippen LogP contribution is -2.23. The summed E-state index contributed by atoms with van der Waals surface area (Å²) in [6, 6.07) is 14.9. The summed E-state index contributed by atoms with van der Waals surface area (Å²) in [6.07, 6.45) is 2.08. The first-order valence-corrected chi connectivity index (χ1v) is 9.39. The molecule has 0 radical (unpaired) electrons. The number of nitrogens with two attached hydrogens (primary N) is 1. The van der Waals surface area contributed by atoms with Gasteiger partial charge in [-0.2, -0.15) is 0 Å². The molecule has 0 aliphatic rings. The Bertz CT molecular complexity index is 1030. The fourth-order valence-electron chi connectivity index (χ4n) is 3.50. The molecule has 3 amide bonds. The third-order valence-corrected chi connectivity index (χ3v) is 4.77. The molecule has 5 heteroatoms. The summed E-state index contributed by atoms with van der Waals surface area (Å²) >= 11 is 0. The average Bonchev–Trinajstić information content (AvgIpc) is 2.64. The number of hydrogen-bond donors (Lipinski definition) is 3. The second-order valence-electron chi connectivity index (χ2n) is 7.04. The van der Waals surface area contributed by atoms with Crippen LogP contribution in [0.4, 0.5) is 16.2 Å². The quantitative estimate of drug-likeness (QED) is 0.576. The number of aryl methyl sites for hydroxylation is 3. The molecule has 3 aromatic carbocycles. The van der Waals surface area contributed by atoms with Crippen LogP contribution in [0.2, 0.25) is 0 Å². The van der Waals surface area contributed by atoms with E-state index in [-0.39, 0.29) is 5.56 Å². The van der Waals surface area contributed by atoms with Gasteiger partial charge in [0.2, 0.25) is 0 Å². The molecule has 3 aromatic rings. The van der Waals surface area contributed by atoms with Crippen molar-refractivity contribution in [2.24, 2.45) is 5.73 Å². The Labute approximate surface area is 164 Å². The number of rotatable bonds is 5. The molecule has 144 valence electrons. The van der Waals surface area contributed by atoms with E-state index in [0.29, 0.717) is 5.69 Å². The largest absolute Gasteiger partial charge is 0.366 e. The highest BCUT2D eigenvalue weighted by Gasteiger charge is 2.14. The first-order chi connectivity index (χ1) is 13.4. The molecule has 3 rings (SSSR count). The monoisotopic (exact) mass is 375 g/mol. The van der Waals surface area contributed by atoms with E-state index in [2.05, 4.69) is 29.7 Å². The molecule has 4 N–H and O–H groups in total. The van der Waals surface area contributed by atoms with Gasteiger partial charge >= 0.3 is 6.03 Å². The van der Waals surface area contributed by atoms with Gasteiger partial charge in [-0.15, -0.1) is 0 Å². The van der Waals surface area contributed by atoms with Crippen LogP contribution in [0.1, 0.15) is 40.4 Å². The highest BCUT2D eigenvalue weighted by atomic mass is 16.2. The van der Waals surface area contributed by atoms with Gasteiger partial charge in [-0.05, 0) is 59.9 Å². The van der Waals surface area contributed by atoms with Crippen LogP contribution in [0.5, 0.6) is 0 Å². The summed E-state index contributed by atoms with van der Waals surface area (Å²) < 4.78 is 0. The summed E-state index contributed by atoms with van der Waals surface area (Å²) in [5.41, 5.74) is 10.2. The number of hydrogen-bond acceptors (Lipinski definition) is 2. The van der Waals surface area contributed by atoms with Gasteiger partial charge in [-0.25, -0.2) is 4.79 Å². The lowest BCUT2D eigenvalue weighted by Gasteiger charge is -2.16. The fourth-order valence-corrected chi connectivity index (χ4v) is 3.50. The zero-order valence-corrected chi connectivity index (χ0v) is 16.4.